The molecule has 18 heavy (non-hydrogen) atoms. The molecule has 0 heterocycles. The second-order valence-electron chi connectivity index (χ2n) is 4.20. The van der Waals surface area contributed by atoms with Gasteiger partial charge in [-0.1, -0.05) is 55.4 Å². The largest absolute Gasteiger partial charge is 4.00 e. The molecule has 0 aliphatic heterocycles. The van der Waals surface area contributed by atoms with Crippen molar-refractivity contribution >= 4 is 0 Å². The van der Waals surface area contributed by atoms with Crippen molar-refractivity contribution in [1.29, 1.82) is 0 Å². The van der Waals surface area contributed by atoms with E-state index in [9.17, 15) is 20.4 Å². The average Bonchev–Trinajstić information content (AvgIpc) is 1.76. The Hall–Kier alpha value is 1.27. The summed E-state index contributed by atoms with van der Waals surface area (Å²) in [4.78, 5) is 0. The van der Waals surface area contributed by atoms with Crippen molar-refractivity contribution in [1.82, 2.24) is 0 Å². The monoisotopic (exact) mass is 332 g/mol. The van der Waals surface area contributed by atoms with Crippen LogP contribution in [-0.2, 0) is 43.4 Å². The minimum Gasteiger partial charge on any atom is -0.852 e. The molecule has 0 aliphatic carbocycles. The third kappa shape index (κ3) is 2840. The molecule has 0 bridgehead atoms. The van der Waals surface area contributed by atoms with Crippen molar-refractivity contribution in [2.45, 2.75) is 79.8 Å². The van der Waals surface area contributed by atoms with E-state index in [2.05, 4.69) is 0 Å². The molecule has 0 spiro atoms. The summed E-state index contributed by atoms with van der Waals surface area (Å²) in [7, 11) is 0. The summed E-state index contributed by atoms with van der Waals surface area (Å²) < 4.78 is 0. The van der Waals surface area contributed by atoms with Gasteiger partial charge in [-0.15, -0.1) is 24.4 Å². The summed E-state index contributed by atoms with van der Waals surface area (Å²) >= 11 is 0. The second-order valence-corrected chi connectivity index (χ2v) is 4.20. The van der Waals surface area contributed by atoms with Gasteiger partial charge in [-0.25, -0.2) is 0 Å². The van der Waals surface area contributed by atoms with Gasteiger partial charge in [0.25, 0.3) is 0 Å². The average molecular weight is 332 g/mol. The normalized spacial score (nSPS) is 8.00. The topological polar surface area (TPSA) is 92.2 Å². The maximum Gasteiger partial charge on any atom is 4.00 e. The van der Waals surface area contributed by atoms with Crippen LogP contribution in [0, 0.1) is 0 Å². The fraction of sp³-hybridized carbons (Fsp3) is 1.00. The molecule has 0 amide bonds. The Bertz CT molecular complexity index is 65.1. The zero-order chi connectivity index (χ0) is 14.3. The molecule has 0 aromatic heterocycles. The van der Waals surface area contributed by atoms with E-state index in [4.69, 9.17) is 0 Å². The molecule has 0 saturated carbocycles. The van der Waals surface area contributed by atoms with Gasteiger partial charge in [0, 0.05) is 0 Å². The van der Waals surface area contributed by atoms with Crippen molar-refractivity contribution in [3.63, 3.8) is 0 Å². The summed E-state index contributed by atoms with van der Waals surface area (Å²) in [6, 6.07) is 0. The molecule has 0 N–H and O–H groups in total. The molecular weight excluding hydrogens is 304 g/mol. The Balaban J connectivity index is -0.0000000257. The minimum atomic E-state index is -0.417. The van der Waals surface area contributed by atoms with E-state index < -0.39 is 24.4 Å². The Kier molecular flexibility index (Phi) is 62.8. The van der Waals surface area contributed by atoms with E-state index >= 15 is 0 Å². The van der Waals surface area contributed by atoms with Crippen LogP contribution in [0.3, 0.4) is 0 Å². The fourth-order valence-electron chi connectivity index (χ4n) is 0. The predicted octanol–water partition coefficient (Wildman–Crippen LogP) is -0.985. The van der Waals surface area contributed by atoms with Crippen LogP contribution in [0.2, 0.25) is 0 Å². The van der Waals surface area contributed by atoms with Gasteiger partial charge >= 0.3 is 43.4 Å². The smallest absolute Gasteiger partial charge is 0.852 e. The predicted molar refractivity (Wildman–Crippen MR) is 60.5 cm³/mol. The van der Waals surface area contributed by atoms with Gasteiger partial charge in [0.2, 0.25) is 0 Å². The van der Waals surface area contributed by atoms with E-state index in [0.29, 0.717) is 0 Å². The quantitative estimate of drug-likeness (QED) is 0.533. The summed E-state index contributed by atoms with van der Waals surface area (Å²) in [6.07, 6.45) is -1.67. The summed E-state index contributed by atoms with van der Waals surface area (Å²) in [6.45, 7) is 12.9. The van der Waals surface area contributed by atoms with E-state index in [-0.39, 0.29) is 43.4 Å². The van der Waals surface area contributed by atoms with Crippen molar-refractivity contribution in [3.05, 3.63) is 0 Å². The molecule has 4 nitrogen and oxygen atoms in total. The second kappa shape index (κ2) is 30.9. The maximum absolute atomic E-state index is 9.53. The van der Waals surface area contributed by atoms with Crippen LogP contribution in [-0.4, -0.2) is 24.4 Å². The van der Waals surface area contributed by atoms with Crippen LogP contribution in [0.5, 0.6) is 0 Å². The molecule has 0 aromatic rings. The van der Waals surface area contributed by atoms with E-state index in [0.717, 1.165) is 0 Å². The van der Waals surface area contributed by atoms with Gasteiger partial charge in [0.1, 0.15) is 0 Å². The van der Waals surface area contributed by atoms with Gasteiger partial charge in [-0.3, -0.25) is 0 Å². The third-order valence-corrected chi connectivity index (χ3v) is 0. The van der Waals surface area contributed by atoms with E-state index in [1.807, 2.05) is 0 Å². The molecule has 0 atom stereocenters. The Morgan fingerprint density at radius 2 is 0.389 bits per heavy atom. The van der Waals surface area contributed by atoms with Gasteiger partial charge in [0.05, 0.1) is 0 Å². The van der Waals surface area contributed by atoms with Crippen LogP contribution in [0.15, 0.2) is 0 Å². The van der Waals surface area contributed by atoms with Gasteiger partial charge in [-0.05, 0) is 0 Å². The Morgan fingerprint density at radius 3 is 0.389 bits per heavy atom. The van der Waals surface area contributed by atoms with Crippen LogP contribution in [0.25, 0.3) is 0 Å². The molecule has 6 heteroatoms. The van der Waals surface area contributed by atoms with Crippen LogP contribution < -0.4 is 20.4 Å². The van der Waals surface area contributed by atoms with Crippen molar-refractivity contribution in [2.24, 2.45) is 0 Å². The van der Waals surface area contributed by atoms with E-state index in [1.165, 1.54) is 0 Å². The molecular formula is C12H28O4Ti2+4. The van der Waals surface area contributed by atoms with Crippen molar-refractivity contribution in [3.8, 4) is 0 Å². The summed E-state index contributed by atoms with van der Waals surface area (Å²) in [5.74, 6) is 0. The molecule has 104 valence electrons. The summed E-state index contributed by atoms with van der Waals surface area (Å²) in [5.41, 5.74) is 0. The van der Waals surface area contributed by atoms with Crippen molar-refractivity contribution in [2.75, 3.05) is 0 Å². The van der Waals surface area contributed by atoms with Crippen LogP contribution in [0.4, 0.5) is 0 Å². The van der Waals surface area contributed by atoms with Gasteiger partial charge in [0.15, 0.2) is 0 Å². The van der Waals surface area contributed by atoms with Crippen molar-refractivity contribution < 1.29 is 63.9 Å². The van der Waals surface area contributed by atoms with E-state index in [1.54, 1.807) is 55.4 Å². The molecule has 0 radical (unpaired) electrons. The Morgan fingerprint density at radius 1 is 0.389 bits per heavy atom. The zero-order valence-corrected chi connectivity index (χ0v) is 16.1. The first-order chi connectivity index (χ1) is 6.93. The molecule has 0 rings (SSSR count). The molecule has 0 fully saturated rings. The first kappa shape index (κ1) is 36.5. The zero-order valence-electron chi connectivity index (χ0n) is 12.9. The maximum atomic E-state index is 9.53. The minimum absolute atomic E-state index is 0. The molecule has 0 aliphatic rings. The van der Waals surface area contributed by atoms with Gasteiger partial charge in [-0.2, -0.15) is 0 Å². The molecule has 0 unspecified atom stereocenters. The third-order valence-electron chi connectivity index (χ3n) is 0. The SMILES string of the molecule is CC(C)[O-].CC(C)[O-].CC(C)[O-].CC(C)[O-].[Ti+4].[Ti+4]. The number of hydrogen-bond donors (Lipinski definition) is 0. The van der Waals surface area contributed by atoms with Crippen LogP contribution >= 0.6 is 0 Å². The fourth-order valence-corrected chi connectivity index (χ4v) is 0. The summed E-state index contributed by atoms with van der Waals surface area (Å²) in [5, 5.41) is 38.1. The standard InChI is InChI=1S/4C3H7O.2Ti/c4*1-3(2)4;;/h4*3H,1-2H3;;/q4*-1;2*+4. The number of hydrogen-bond acceptors (Lipinski definition) is 4. The molecule has 0 saturated heterocycles. The first-order valence-corrected chi connectivity index (χ1v) is 5.56. The van der Waals surface area contributed by atoms with Gasteiger partial charge < -0.3 is 20.4 Å². The molecule has 0 aromatic carbocycles. The Labute approximate surface area is 143 Å². The first-order valence-electron chi connectivity index (χ1n) is 5.56. The van der Waals surface area contributed by atoms with Crippen LogP contribution in [0.1, 0.15) is 55.4 Å². The number of rotatable bonds is 0.